The van der Waals surface area contributed by atoms with Crippen LogP contribution in [0.15, 0.2) is 4.99 Å². The second kappa shape index (κ2) is 5.71. The first-order valence-electron chi connectivity index (χ1n) is 7.08. The molecule has 0 bridgehead atoms. The van der Waals surface area contributed by atoms with E-state index in [0.717, 1.165) is 17.6 Å². The predicted molar refractivity (Wildman–Crippen MR) is 76.4 cm³/mol. The Bertz CT molecular complexity index is 378. The van der Waals surface area contributed by atoms with E-state index in [0.29, 0.717) is 31.6 Å². The number of nitrogens with one attached hydrogen (secondary N) is 1. The summed E-state index contributed by atoms with van der Waals surface area (Å²) in [5, 5.41) is 4.87. The fourth-order valence-corrected chi connectivity index (χ4v) is 3.78. The topological polar surface area (TPSA) is 53.9 Å². The molecule has 0 spiro atoms. The van der Waals surface area contributed by atoms with Gasteiger partial charge in [-0.2, -0.15) is 0 Å². The number of carbonyl (C=O) groups excluding carboxylic acids is 1. The molecule has 2 aliphatic heterocycles. The maximum absolute atomic E-state index is 12.3. The summed E-state index contributed by atoms with van der Waals surface area (Å²) in [7, 11) is 0. The maximum Gasteiger partial charge on any atom is 0.244 e. The Balaban J connectivity index is 1.47. The molecule has 2 fully saturated rings. The Morgan fingerprint density at radius 2 is 2.21 bits per heavy atom. The SMILES string of the molecule is CC(NC1=NCC(C2CC2)S1)C(=O)N1CCOCC1. The van der Waals surface area contributed by atoms with Crippen molar-refractivity contribution in [3.8, 4) is 0 Å². The van der Waals surface area contributed by atoms with E-state index in [1.54, 1.807) is 0 Å². The van der Waals surface area contributed by atoms with Crippen LogP contribution in [-0.2, 0) is 9.53 Å². The van der Waals surface area contributed by atoms with Crippen LogP contribution in [0.25, 0.3) is 0 Å². The van der Waals surface area contributed by atoms with Gasteiger partial charge in [0.1, 0.15) is 6.04 Å². The van der Waals surface area contributed by atoms with Crippen molar-refractivity contribution in [1.82, 2.24) is 10.2 Å². The molecule has 1 saturated heterocycles. The van der Waals surface area contributed by atoms with Crippen molar-refractivity contribution in [1.29, 1.82) is 0 Å². The van der Waals surface area contributed by atoms with Gasteiger partial charge in [-0.05, 0) is 25.7 Å². The summed E-state index contributed by atoms with van der Waals surface area (Å²) < 4.78 is 5.27. The molecular weight excluding hydrogens is 262 g/mol. The quantitative estimate of drug-likeness (QED) is 0.828. The monoisotopic (exact) mass is 283 g/mol. The number of carbonyl (C=O) groups is 1. The summed E-state index contributed by atoms with van der Waals surface area (Å²) in [6.07, 6.45) is 2.70. The van der Waals surface area contributed by atoms with Crippen molar-refractivity contribution in [3.63, 3.8) is 0 Å². The highest BCUT2D eigenvalue weighted by Crippen LogP contribution is 2.41. The highest BCUT2D eigenvalue weighted by atomic mass is 32.2. The number of nitrogens with zero attached hydrogens (tertiary/aromatic N) is 2. The highest BCUT2D eigenvalue weighted by Gasteiger charge is 2.36. The number of hydrogen-bond acceptors (Lipinski definition) is 5. The molecule has 2 heterocycles. The van der Waals surface area contributed by atoms with Crippen LogP contribution in [0.5, 0.6) is 0 Å². The van der Waals surface area contributed by atoms with Crippen molar-refractivity contribution in [2.45, 2.75) is 31.1 Å². The third-order valence-electron chi connectivity index (χ3n) is 3.86. The normalized spacial score (nSPS) is 29.0. The largest absolute Gasteiger partial charge is 0.378 e. The van der Waals surface area contributed by atoms with Gasteiger partial charge in [0.15, 0.2) is 5.17 Å². The van der Waals surface area contributed by atoms with Gasteiger partial charge < -0.3 is 15.0 Å². The third-order valence-corrected chi connectivity index (χ3v) is 5.17. The highest BCUT2D eigenvalue weighted by molar-refractivity contribution is 8.14. The minimum absolute atomic E-state index is 0.154. The summed E-state index contributed by atoms with van der Waals surface area (Å²) in [5.41, 5.74) is 0. The molecule has 2 atom stereocenters. The van der Waals surface area contributed by atoms with E-state index in [1.807, 2.05) is 23.6 Å². The van der Waals surface area contributed by atoms with E-state index in [9.17, 15) is 4.79 Å². The first-order chi connectivity index (χ1) is 9.24. The fourth-order valence-electron chi connectivity index (χ4n) is 2.49. The van der Waals surface area contributed by atoms with Crippen LogP contribution in [0.3, 0.4) is 0 Å². The molecular formula is C13H21N3O2S. The lowest BCUT2D eigenvalue weighted by atomic mass is 10.2. The van der Waals surface area contributed by atoms with E-state index in [-0.39, 0.29) is 11.9 Å². The number of aliphatic imine (C=N–C) groups is 1. The van der Waals surface area contributed by atoms with Crippen LogP contribution in [0.4, 0.5) is 0 Å². The molecule has 1 amide bonds. The summed E-state index contributed by atoms with van der Waals surface area (Å²) in [6, 6.07) is -0.192. The van der Waals surface area contributed by atoms with Crippen LogP contribution in [0.2, 0.25) is 0 Å². The summed E-state index contributed by atoms with van der Waals surface area (Å²) >= 11 is 1.82. The number of thioether (sulfide) groups is 1. The minimum Gasteiger partial charge on any atom is -0.378 e. The van der Waals surface area contributed by atoms with Gasteiger partial charge in [-0.1, -0.05) is 11.8 Å². The summed E-state index contributed by atoms with van der Waals surface area (Å²) in [6.45, 7) is 5.54. The Kier molecular flexibility index (Phi) is 3.98. The average Bonchev–Trinajstić information content (AvgIpc) is 3.20. The van der Waals surface area contributed by atoms with Crippen molar-refractivity contribution >= 4 is 22.8 Å². The molecule has 6 heteroatoms. The predicted octanol–water partition coefficient (Wildman–Crippen LogP) is 0.705. The molecule has 1 saturated carbocycles. The van der Waals surface area contributed by atoms with Crippen molar-refractivity contribution < 1.29 is 9.53 Å². The van der Waals surface area contributed by atoms with Crippen LogP contribution >= 0.6 is 11.8 Å². The zero-order valence-electron chi connectivity index (χ0n) is 11.3. The lowest BCUT2D eigenvalue weighted by Gasteiger charge is -2.29. The molecule has 0 aromatic rings. The molecule has 0 aromatic heterocycles. The van der Waals surface area contributed by atoms with Gasteiger partial charge >= 0.3 is 0 Å². The first kappa shape index (κ1) is 13.2. The number of morpholine rings is 1. The molecule has 0 radical (unpaired) electrons. The van der Waals surface area contributed by atoms with Gasteiger partial charge in [0.25, 0.3) is 0 Å². The molecule has 19 heavy (non-hydrogen) atoms. The summed E-state index contributed by atoms with van der Waals surface area (Å²) in [4.78, 5) is 18.7. The van der Waals surface area contributed by atoms with Gasteiger partial charge in [0.05, 0.1) is 19.8 Å². The number of amides is 1. The van der Waals surface area contributed by atoms with Gasteiger partial charge in [-0.3, -0.25) is 9.79 Å². The van der Waals surface area contributed by atoms with E-state index in [1.165, 1.54) is 12.8 Å². The molecule has 5 nitrogen and oxygen atoms in total. The standard InChI is InChI=1S/C13H21N3O2S/c1-9(12(17)16-4-6-18-7-5-16)15-13-14-8-11(19-13)10-2-3-10/h9-11H,2-8H2,1H3,(H,14,15). The second-order valence-electron chi connectivity index (χ2n) is 5.44. The van der Waals surface area contributed by atoms with Gasteiger partial charge in [-0.15, -0.1) is 0 Å². The Labute approximate surface area is 118 Å². The van der Waals surface area contributed by atoms with Crippen molar-refractivity contribution in [3.05, 3.63) is 0 Å². The maximum atomic E-state index is 12.3. The number of ether oxygens (including phenoxy) is 1. The van der Waals surface area contributed by atoms with Crippen LogP contribution < -0.4 is 5.32 Å². The smallest absolute Gasteiger partial charge is 0.244 e. The lowest BCUT2D eigenvalue weighted by Crippen LogP contribution is -2.50. The molecule has 2 unspecified atom stereocenters. The molecule has 1 N–H and O–H groups in total. The lowest BCUT2D eigenvalue weighted by molar-refractivity contribution is -0.136. The number of rotatable bonds is 3. The average molecular weight is 283 g/mol. The summed E-state index contributed by atoms with van der Waals surface area (Å²) in [5.74, 6) is 1.01. The van der Waals surface area contributed by atoms with Crippen molar-refractivity contribution in [2.75, 3.05) is 32.8 Å². The first-order valence-corrected chi connectivity index (χ1v) is 7.96. The number of amidine groups is 1. The molecule has 3 aliphatic rings. The molecule has 3 rings (SSSR count). The molecule has 0 aromatic carbocycles. The molecule has 1 aliphatic carbocycles. The zero-order valence-corrected chi connectivity index (χ0v) is 12.1. The Hall–Kier alpha value is -0.750. The Morgan fingerprint density at radius 1 is 1.47 bits per heavy atom. The zero-order chi connectivity index (χ0) is 13.2. The van der Waals surface area contributed by atoms with E-state index >= 15 is 0 Å². The number of hydrogen-bond donors (Lipinski definition) is 1. The van der Waals surface area contributed by atoms with Gasteiger partial charge in [0, 0.05) is 18.3 Å². The van der Waals surface area contributed by atoms with Crippen LogP contribution in [0.1, 0.15) is 19.8 Å². The van der Waals surface area contributed by atoms with Crippen LogP contribution in [0, 0.1) is 5.92 Å². The van der Waals surface area contributed by atoms with Gasteiger partial charge in [0.2, 0.25) is 5.91 Å². The Morgan fingerprint density at radius 3 is 2.89 bits per heavy atom. The third kappa shape index (κ3) is 3.23. The van der Waals surface area contributed by atoms with E-state index in [4.69, 9.17) is 4.74 Å². The van der Waals surface area contributed by atoms with Crippen molar-refractivity contribution in [2.24, 2.45) is 10.9 Å². The van der Waals surface area contributed by atoms with E-state index < -0.39 is 0 Å². The van der Waals surface area contributed by atoms with Gasteiger partial charge in [-0.25, -0.2) is 0 Å². The van der Waals surface area contributed by atoms with Crippen LogP contribution in [-0.4, -0.2) is 60.1 Å². The minimum atomic E-state index is -0.192. The van der Waals surface area contributed by atoms with E-state index in [2.05, 4.69) is 10.3 Å². The second-order valence-corrected chi connectivity index (χ2v) is 6.67. The molecule has 106 valence electrons. The fraction of sp³-hybridized carbons (Fsp3) is 0.846.